The molecule has 1 aliphatic carbocycles. The largest absolute Gasteiger partial charge is 0.346 e. The Hall–Kier alpha value is -1.33. The standard InChI is InChI=1S/C15H20FN3O.ClH/c1-10-13-4-5-19(12-2-3-12)15(20)14(13)9-18(10)8-11(6-16)7-17;/h6,9,12H,2-5,7-8,17H2,1H3;1H. The monoisotopic (exact) mass is 313 g/mol. The Balaban J connectivity index is 0.00000161. The van der Waals surface area contributed by atoms with E-state index in [-0.39, 0.29) is 24.9 Å². The molecule has 0 aromatic carbocycles. The molecule has 2 heterocycles. The molecule has 1 fully saturated rings. The number of carbonyl (C=O) groups is 1. The average molecular weight is 314 g/mol. The van der Waals surface area contributed by atoms with Gasteiger partial charge in [-0.1, -0.05) is 0 Å². The second-order valence-electron chi connectivity index (χ2n) is 5.69. The fourth-order valence-corrected chi connectivity index (χ4v) is 2.95. The topological polar surface area (TPSA) is 51.3 Å². The summed E-state index contributed by atoms with van der Waals surface area (Å²) in [6.45, 7) is 3.42. The minimum absolute atomic E-state index is 0. The van der Waals surface area contributed by atoms with E-state index in [2.05, 4.69) is 0 Å². The lowest BCUT2D eigenvalue weighted by atomic mass is 10.0. The van der Waals surface area contributed by atoms with Crippen molar-refractivity contribution in [3.63, 3.8) is 0 Å². The first-order chi connectivity index (χ1) is 9.65. The van der Waals surface area contributed by atoms with E-state index in [0.29, 0.717) is 24.5 Å². The van der Waals surface area contributed by atoms with Crippen molar-refractivity contribution in [3.05, 3.63) is 34.9 Å². The van der Waals surface area contributed by atoms with E-state index in [0.717, 1.165) is 42.6 Å². The Morgan fingerprint density at radius 3 is 2.81 bits per heavy atom. The molecule has 4 nitrogen and oxygen atoms in total. The highest BCUT2D eigenvalue weighted by molar-refractivity contribution is 5.97. The Bertz CT molecular complexity index is 578. The number of fused-ring (bicyclic) bond motifs is 1. The van der Waals surface area contributed by atoms with Gasteiger partial charge in [-0.25, -0.2) is 4.39 Å². The first kappa shape index (κ1) is 16.0. The van der Waals surface area contributed by atoms with Crippen LogP contribution >= 0.6 is 12.4 Å². The van der Waals surface area contributed by atoms with Crippen LogP contribution in [0.2, 0.25) is 0 Å². The van der Waals surface area contributed by atoms with Gasteiger partial charge >= 0.3 is 0 Å². The van der Waals surface area contributed by atoms with E-state index < -0.39 is 0 Å². The molecule has 0 bridgehead atoms. The molecule has 116 valence electrons. The highest BCUT2D eigenvalue weighted by Crippen LogP contribution is 2.33. The molecule has 1 aromatic heterocycles. The maximum atomic E-state index is 12.7. The first-order valence-electron chi connectivity index (χ1n) is 7.13. The zero-order valence-electron chi connectivity index (χ0n) is 12.1. The molecular formula is C15H21ClFN3O. The van der Waals surface area contributed by atoms with Gasteiger partial charge in [-0.2, -0.15) is 0 Å². The number of nitrogens with zero attached hydrogens (tertiary/aromatic N) is 2. The van der Waals surface area contributed by atoms with Crippen molar-refractivity contribution in [2.24, 2.45) is 5.73 Å². The molecule has 1 saturated carbocycles. The van der Waals surface area contributed by atoms with E-state index in [1.54, 1.807) is 0 Å². The summed E-state index contributed by atoms with van der Waals surface area (Å²) in [6.07, 6.45) is 5.58. The molecule has 1 aliphatic heterocycles. The maximum Gasteiger partial charge on any atom is 0.255 e. The van der Waals surface area contributed by atoms with Gasteiger partial charge in [0, 0.05) is 37.6 Å². The molecule has 0 unspecified atom stereocenters. The van der Waals surface area contributed by atoms with Gasteiger partial charge in [-0.3, -0.25) is 4.79 Å². The molecule has 3 rings (SSSR count). The second kappa shape index (κ2) is 6.20. The summed E-state index contributed by atoms with van der Waals surface area (Å²) in [5.41, 5.74) is 8.99. The third-order valence-electron chi connectivity index (χ3n) is 4.35. The maximum absolute atomic E-state index is 12.7. The third kappa shape index (κ3) is 2.85. The molecule has 1 aromatic rings. The molecule has 2 N–H and O–H groups in total. The van der Waals surface area contributed by atoms with Gasteiger partial charge in [-0.05, 0) is 37.3 Å². The van der Waals surface area contributed by atoms with Crippen LogP contribution in [0.15, 0.2) is 18.1 Å². The number of rotatable bonds is 4. The number of hydrogen-bond acceptors (Lipinski definition) is 2. The third-order valence-corrected chi connectivity index (χ3v) is 4.35. The lowest BCUT2D eigenvalue weighted by Gasteiger charge is -2.27. The zero-order chi connectivity index (χ0) is 14.3. The summed E-state index contributed by atoms with van der Waals surface area (Å²) in [7, 11) is 0. The summed E-state index contributed by atoms with van der Waals surface area (Å²) in [6, 6.07) is 0.449. The van der Waals surface area contributed by atoms with Crippen LogP contribution < -0.4 is 5.73 Å². The van der Waals surface area contributed by atoms with Gasteiger partial charge < -0.3 is 15.2 Å². The highest BCUT2D eigenvalue weighted by atomic mass is 35.5. The first-order valence-corrected chi connectivity index (χ1v) is 7.13. The van der Waals surface area contributed by atoms with Gasteiger partial charge in [0.05, 0.1) is 11.9 Å². The minimum Gasteiger partial charge on any atom is -0.346 e. The van der Waals surface area contributed by atoms with Crippen molar-refractivity contribution in [2.45, 2.75) is 38.8 Å². The molecule has 6 heteroatoms. The fraction of sp³-hybridized carbons (Fsp3) is 0.533. The van der Waals surface area contributed by atoms with E-state index in [9.17, 15) is 9.18 Å². The molecular weight excluding hydrogens is 293 g/mol. The van der Waals surface area contributed by atoms with Crippen LogP contribution in [0, 0.1) is 6.92 Å². The number of aromatic nitrogens is 1. The summed E-state index contributed by atoms with van der Waals surface area (Å²) in [5, 5.41) is 0. The summed E-state index contributed by atoms with van der Waals surface area (Å²) >= 11 is 0. The number of hydrogen-bond donors (Lipinski definition) is 1. The van der Waals surface area contributed by atoms with Crippen molar-refractivity contribution in [2.75, 3.05) is 13.1 Å². The van der Waals surface area contributed by atoms with E-state index in [1.165, 1.54) is 0 Å². The molecule has 1 amide bonds. The van der Waals surface area contributed by atoms with E-state index in [1.807, 2.05) is 22.6 Å². The number of nitrogens with two attached hydrogens (primary N) is 1. The Morgan fingerprint density at radius 2 is 2.24 bits per heavy atom. The van der Waals surface area contributed by atoms with Gasteiger partial charge in [0.1, 0.15) is 0 Å². The van der Waals surface area contributed by atoms with Gasteiger partial charge in [0.25, 0.3) is 5.91 Å². The molecule has 2 aliphatic rings. The van der Waals surface area contributed by atoms with Crippen molar-refractivity contribution < 1.29 is 9.18 Å². The van der Waals surface area contributed by atoms with Crippen LogP contribution in [0.25, 0.3) is 0 Å². The predicted molar refractivity (Wildman–Crippen MR) is 82.4 cm³/mol. The van der Waals surface area contributed by atoms with Crippen molar-refractivity contribution in [1.82, 2.24) is 9.47 Å². The summed E-state index contributed by atoms with van der Waals surface area (Å²) in [5.74, 6) is 0.133. The summed E-state index contributed by atoms with van der Waals surface area (Å²) in [4.78, 5) is 14.5. The highest BCUT2D eigenvalue weighted by Gasteiger charge is 2.37. The van der Waals surface area contributed by atoms with Gasteiger partial charge in [0.15, 0.2) is 0 Å². The number of amides is 1. The van der Waals surface area contributed by atoms with E-state index >= 15 is 0 Å². The van der Waals surface area contributed by atoms with Crippen LogP contribution in [0.1, 0.15) is 34.5 Å². The fourth-order valence-electron chi connectivity index (χ4n) is 2.95. The Morgan fingerprint density at radius 1 is 1.52 bits per heavy atom. The Labute approximate surface area is 130 Å². The lowest BCUT2D eigenvalue weighted by Crippen LogP contribution is -2.38. The molecule has 0 radical (unpaired) electrons. The van der Waals surface area contributed by atoms with Crippen LogP contribution in [0.4, 0.5) is 4.39 Å². The quantitative estimate of drug-likeness (QED) is 0.926. The van der Waals surface area contributed by atoms with Crippen molar-refractivity contribution in [1.29, 1.82) is 0 Å². The Kier molecular flexibility index (Phi) is 4.74. The summed E-state index contributed by atoms with van der Waals surface area (Å²) < 4.78 is 14.6. The van der Waals surface area contributed by atoms with Crippen LogP contribution in [0.3, 0.4) is 0 Å². The smallest absolute Gasteiger partial charge is 0.255 e. The molecule has 21 heavy (non-hydrogen) atoms. The van der Waals surface area contributed by atoms with Gasteiger partial charge in [-0.15, -0.1) is 12.4 Å². The van der Waals surface area contributed by atoms with Crippen LogP contribution in [-0.4, -0.2) is 34.5 Å². The normalized spacial score (nSPS) is 18.5. The lowest BCUT2D eigenvalue weighted by molar-refractivity contribution is 0.0727. The average Bonchev–Trinajstić information content (AvgIpc) is 3.24. The minimum atomic E-state index is 0. The molecule has 0 atom stereocenters. The number of carbonyl (C=O) groups excluding carboxylic acids is 1. The molecule has 0 spiro atoms. The zero-order valence-corrected chi connectivity index (χ0v) is 13.0. The van der Waals surface area contributed by atoms with Crippen LogP contribution in [0.5, 0.6) is 0 Å². The van der Waals surface area contributed by atoms with E-state index in [4.69, 9.17) is 5.73 Å². The number of halogens is 2. The SMILES string of the molecule is Cc1c2c(cn1CC(=CF)CN)C(=O)N(C1CC1)CC2.Cl. The predicted octanol–water partition coefficient (Wildman–Crippen LogP) is 2.19. The van der Waals surface area contributed by atoms with Gasteiger partial charge in [0.2, 0.25) is 0 Å². The van der Waals surface area contributed by atoms with Crippen molar-refractivity contribution >= 4 is 18.3 Å². The van der Waals surface area contributed by atoms with Crippen LogP contribution in [-0.2, 0) is 13.0 Å². The molecule has 0 saturated heterocycles. The van der Waals surface area contributed by atoms with Crippen molar-refractivity contribution in [3.8, 4) is 0 Å². The second-order valence-corrected chi connectivity index (χ2v) is 5.69.